The first-order chi connectivity index (χ1) is 5.13. The fourth-order valence-corrected chi connectivity index (χ4v) is 0.838. The summed E-state index contributed by atoms with van der Waals surface area (Å²) in [6.45, 7) is 3.78. The van der Waals surface area contributed by atoms with Crippen molar-refractivity contribution in [2.45, 2.75) is 19.9 Å². The van der Waals surface area contributed by atoms with Gasteiger partial charge in [0.2, 0.25) is 0 Å². The SMILES string of the molecule is CC(C)n1nncc1B(O)O. The van der Waals surface area contributed by atoms with Crippen molar-refractivity contribution >= 4 is 12.7 Å². The normalized spacial score (nSPS) is 10.6. The second-order valence-corrected chi connectivity index (χ2v) is 2.57. The highest BCUT2D eigenvalue weighted by Gasteiger charge is 2.18. The second-order valence-electron chi connectivity index (χ2n) is 2.57. The lowest BCUT2D eigenvalue weighted by molar-refractivity contribution is 0.415. The molecule has 1 aromatic heterocycles. The van der Waals surface area contributed by atoms with Crippen LogP contribution in [0.2, 0.25) is 0 Å². The van der Waals surface area contributed by atoms with Crippen LogP contribution in [0.4, 0.5) is 0 Å². The van der Waals surface area contributed by atoms with E-state index in [4.69, 9.17) is 10.0 Å². The molecule has 1 aromatic rings. The van der Waals surface area contributed by atoms with Crippen LogP contribution in [0.25, 0.3) is 0 Å². The molecular formula is C5H10BN3O2. The summed E-state index contributed by atoms with van der Waals surface area (Å²) in [4.78, 5) is 0. The van der Waals surface area contributed by atoms with Crippen LogP contribution in [0.1, 0.15) is 19.9 Å². The largest absolute Gasteiger partial charge is 0.509 e. The molecule has 0 aliphatic rings. The lowest BCUT2D eigenvalue weighted by Gasteiger charge is -2.07. The van der Waals surface area contributed by atoms with Crippen molar-refractivity contribution in [2.24, 2.45) is 0 Å². The Bertz CT molecular complexity index is 213. The lowest BCUT2D eigenvalue weighted by Crippen LogP contribution is -2.37. The molecule has 0 saturated carbocycles. The summed E-state index contributed by atoms with van der Waals surface area (Å²) in [7, 11) is -1.49. The fraction of sp³-hybridized carbons (Fsp3) is 0.600. The van der Waals surface area contributed by atoms with E-state index in [9.17, 15) is 0 Å². The summed E-state index contributed by atoms with van der Waals surface area (Å²) < 4.78 is 1.46. The van der Waals surface area contributed by atoms with Crippen LogP contribution in [0.5, 0.6) is 0 Å². The summed E-state index contributed by atoms with van der Waals surface area (Å²) in [6, 6.07) is 0.0919. The molecule has 0 aliphatic heterocycles. The molecule has 6 heteroatoms. The summed E-state index contributed by atoms with van der Waals surface area (Å²) >= 11 is 0. The highest BCUT2D eigenvalue weighted by Crippen LogP contribution is 1.96. The van der Waals surface area contributed by atoms with Crippen molar-refractivity contribution in [3.05, 3.63) is 6.20 Å². The van der Waals surface area contributed by atoms with E-state index >= 15 is 0 Å². The van der Waals surface area contributed by atoms with Crippen molar-refractivity contribution in [1.82, 2.24) is 15.0 Å². The van der Waals surface area contributed by atoms with Crippen molar-refractivity contribution < 1.29 is 10.0 Å². The number of rotatable bonds is 2. The quantitative estimate of drug-likeness (QED) is 0.512. The van der Waals surface area contributed by atoms with Crippen LogP contribution in [0.15, 0.2) is 6.20 Å². The summed E-state index contributed by atoms with van der Waals surface area (Å²) in [5.74, 6) is 0. The third-order valence-electron chi connectivity index (χ3n) is 1.36. The average Bonchev–Trinajstić information content (AvgIpc) is 2.32. The Kier molecular flexibility index (Phi) is 2.26. The fourth-order valence-electron chi connectivity index (χ4n) is 0.838. The van der Waals surface area contributed by atoms with Gasteiger partial charge in [0, 0.05) is 6.04 Å². The van der Waals surface area contributed by atoms with E-state index in [0.29, 0.717) is 5.59 Å². The average molecular weight is 155 g/mol. The van der Waals surface area contributed by atoms with Crippen LogP contribution in [0.3, 0.4) is 0 Å². The van der Waals surface area contributed by atoms with Gasteiger partial charge in [0.05, 0.1) is 11.8 Å². The zero-order valence-corrected chi connectivity index (χ0v) is 6.47. The Balaban J connectivity index is 2.96. The van der Waals surface area contributed by atoms with E-state index in [1.807, 2.05) is 13.8 Å². The molecular weight excluding hydrogens is 145 g/mol. The Morgan fingerprint density at radius 2 is 2.18 bits per heavy atom. The molecule has 0 bridgehead atoms. The standard InChI is InChI=1S/C5H10BN3O2/c1-4(2)9-5(6(10)11)3-7-8-9/h3-4,10-11H,1-2H3. The van der Waals surface area contributed by atoms with Gasteiger partial charge >= 0.3 is 7.12 Å². The predicted octanol–water partition coefficient (Wildman–Crippen LogP) is -1.46. The second kappa shape index (κ2) is 3.02. The third kappa shape index (κ3) is 1.58. The van der Waals surface area contributed by atoms with Crippen molar-refractivity contribution in [2.75, 3.05) is 0 Å². The molecule has 5 nitrogen and oxygen atoms in total. The minimum absolute atomic E-state index is 0.0919. The molecule has 2 N–H and O–H groups in total. The summed E-state index contributed by atoms with van der Waals surface area (Å²) in [5, 5.41) is 24.8. The van der Waals surface area contributed by atoms with Gasteiger partial charge in [-0.1, -0.05) is 5.21 Å². The van der Waals surface area contributed by atoms with E-state index in [0.717, 1.165) is 0 Å². The van der Waals surface area contributed by atoms with Crippen LogP contribution < -0.4 is 5.59 Å². The van der Waals surface area contributed by atoms with Gasteiger partial charge in [-0.05, 0) is 13.8 Å². The third-order valence-corrected chi connectivity index (χ3v) is 1.36. The van der Waals surface area contributed by atoms with Gasteiger partial charge in [0.25, 0.3) is 0 Å². The molecule has 0 radical (unpaired) electrons. The number of hydrogen-bond donors (Lipinski definition) is 2. The van der Waals surface area contributed by atoms with Crippen LogP contribution in [-0.4, -0.2) is 32.2 Å². The molecule has 0 aliphatic carbocycles. The molecule has 0 atom stereocenters. The topological polar surface area (TPSA) is 71.2 Å². The Morgan fingerprint density at radius 1 is 1.55 bits per heavy atom. The highest BCUT2D eigenvalue weighted by molar-refractivity contribution is 6.57. The van der Waals surface area contributed by atoms with E-state index < -0.39 is 7.12 Å². The smallest absolute Gasteiger partial charge is 0.422 e. The van der Waals surface area contributed by atoms with E-state index in [1.165, 1.54) is 10.9 Å². The van der Waals surface area contributed by atoms with Gasteiger partial charge in [-0.3, -0.25) is 4.68 Å². The molecule has 0 saturated heterocycles. The molecule has 0 unspecified atom stereocenters. The molecule has 1 heterocycles. The Labute approximate surface area is 64.8 Å². The zero-order chi connectivity index (χ0) is 8.43. The molecule has 0 aromatic carbocycles. The monoisotopic (exact) mass is 155 g/mol. The molecule has 0 fully saturated rings. The predicted molar refractivity (Wildman–Crippen MR) is 40.2 cm³/mol. The molecule has 1 rings (SSSR count). The maximum atomic E-state index is 8.80. The first-order valence-electron chi connectivity index (χ1n) is 3.39. The molecule has 11 heavy (non-hydrogen) atoms. The molecule has 60 valence electrons. The van der Waals surface area contributed by atoms with Gasteiger partial charge in [-0.15, -0.1) is 5.10 Å². The maximum Gasteiger partial charge on any atom is 0.509 e. The highest BCUT2D eigenvalue weighted by atomic mass is 16.4. The number of aromatic nitrogens is 3. The van der Waals surface area contributed by atoms with Gasteiger partial charge in [-0.2, -0.15) is 0 Å². The minimum Gasteiger partial charge on any atom is -0.422 e. The van der Waals surface area contributed by atoms with Crippen LogP contribution in [-0.2, 0) is 0 Å². The maximum absolute atomic E-state index is 8.80. The lowest BCUT2D eigenvalue weighted by atomic mass is 9.86. The minimum atomic E-state index is -1.49. The molecule has 0 amide bonds. The number of nitrogens with zero attached hydrogens (tertiary/aromatic N) is 3. The van der Waals surface area contributed by atoms with Crippen LogP contribution >= 0.6 is 0 Å². The van der Waals surface area contributed by atoms with Crippen LogP contribution in [0, 0.1) is 0 Å². The summed E-state index contributed by atoms with van der Waals surface area (Å²) in [5.41, 5.74) is 0.319. The first-order valence-corrected chi connectivity index (χ1v) is 3.39. The Hall–Kier alpha value is -0.875. The zero-order valence-electron chi connectivity index (χ0n) is 6.47. The van der Waals surface area contributed by atoms with Gasteiger partial charge in [0.1, 0.15) is 0 Å². The first kappa shape index (κ1) is 8.22. The van der Waals surface area contributed by atoms with Crippen molar-refractivity contribution in [3.8, 4) is 0 Å². The van der Waals surface area contributed by atoms with Gasteiger partial charge in [0.15, 0.2) is 0 Å². The molecule has 0 spiro atoms. The summed E-state index contributed by atoms with van der Waals surface area (Å²) in [6.07, 6.45) is 1.34. The van der Waals surface area contributed by atoms with Crippen molar-refractivity contribution in [3.63, 3.8) is 0 Å². The van der Waals surface area contributed by atoms with Gasteiger partial charge in [-0.25, -0.2) is 0 Å². The van der Waals surface area contributed by atoms with E-state index in [1.54, 1.807) is 0 Å². The van der Waals surface area contributed by atoms with Gasteiger partial charge < -0.3 is 10.0 Å². The van der Waals surface area contributed by atoms with Crippen molar-refractivity contribution in [1.29, 1.82) is 0 Å². The number of hydrogen-bond acceptors (Lipinski definition) is 4. The Morgan fingerprint density at radius 3 is 2.55 bits per heavy atom. The van der Waals surface area contributed by atoms with E-state index in [-0.39, 0.29) is 6.04 Å². The van der Waals surface area contributed by atoms with E-state index in [2.05, 4.69) is 10.3 Å².